The van der Waals surface area contributed by atoms with Crippen LogP contribution in [0.1, 0.15) is 12.0 Å². The number of esters is 1. The molecular weight excluding hydrogens is 276 g/mol. The minimum atomic E-state index is -1.22. The van der Waals surface area contributed by atoms with Crippen molar-refractivity contribution in [1.82, 2.24) is 5.32 Å². The van der Waals surface area contributed by atoms with E-state index in [-0.39, 0.29) is 6.42 Å². The first-order chi connectivity index (χ1) is 9.93. The van der Waals surface area contributed by atoms with Crippen molar-refractivity contribution in [1.29, 1.82) is 0 Å². The lowest BCUT2D eigenvalue weighted by atomic mass is 10.1. The molecule has 1 aromatic rings. The van der Waals surface area contributed by atoms with Gasteiger partial charge in [0.15, 0.2) is 0 Å². The highest BCUT2D eigenvalue weighted by Crippen LogP contribution is 2.05. The highest BCUT2D eigenvalue weighted by atomic mass is 16.5. The van der Waals surface area contributed by atoms with Gasteiger partial charge in [-0.05, 0) is 5.56 Å². The molecule has 7 heteroatoms. The third-order valence-electron chi connectivity index (χ3n) is 2.82. The molecule has 0 aliphatic heterocycles. The molecule has 1 rings (SSSR count). The molecule has 1 amide bonds. The van der Waals surface area contributed by atoms with E-state index in [4.69, 9.17) is 10.8 Å². The molecule has 0 heterocycles. The van der Waals surface area contributed by atoms with Gasteiger partial charge in [-0.3, -0.25) is 9.59 Å². The zero-order valence-corrected chi connectivity index (χ0v) is 11.6. The summed E-state index contributed by atoms with van der Waals surface area (Å²) < 4.78 is 4.64. The summed E-state index contributed by atoms with van der Waals surface area (Å²) in [4.78, 5) is 34.0. The quantitative estimate of drug-likeness (QED) is 0.593. The van der Waals surface area contributed by atoms with E-state index in [1.807, 2.05) is 18.2 Å². The first kappa shape index (κ1) is 16.6. The summed E-state index contributed by atoms with van der Waals surface area (Å²) >= 11 is 0. The second-order valence-electron chi connectivity index (χ2n) is 4.48. The number of hydrogen-bond acceptors (Lipinski definition) is 5. The van der Waals surface area contributed by atoms with Gasteiger partial charge in [-0.25, -0.2) is 4.79 Å². The third kappa shape index (κ3) is 5.62. The predicted molar refractivity (Wildman–Crippen MR) is 74.3 cm³/mol. The highest BCUT2D eigenvalue weighted by Gasteiger charge is 2.25. The predicted octanol–water partition coefficient (Wildman–Crippen LogP) is -0.311. The molecule has 0 aromatic heterocycles. The molecule has 0 fully saturated rings. The van der Waals surface area contributed by atoms with Crippen LogP contribution < -0.4 is 11.1 Å². The van der Waals surface area contributed by atoms with E-state index >= 15 is 0 Å². The number of carbonyl (C=O) groups is 3. The van der Waals surface area contributed by atoms with Crippen molar-refractivity contribution in [3.8, 4) is 0 Å². The maximum Gasteiger partial charge on any atom is 0.328 e. The van der Waals surface area contributed by atoms with E-state index < -0.39 is 36.4 Å². The van der Waals surface area contributed by atoms with Gasteiger partial charge in [0, 0.05) is 6.42 Å². The summed E-state index contributed by atoms with van der Waals surface area (Å²) in [7, 11) is 1.21. The van der Waals surface area contributed by atoms with Crippen LogP contribution in [0.5, 0.6) is 0 Å². The topological polar surface area (TPSA) is 119 Å². The van der Waals surface area contributed by atoms with Gasteiger partial charge < -0.3 is 20.9 Å². The second-order valence-corrected chi connectivity index (χ2v) is 4.48. The fourth-order valence-electron chi connectivity index (χ4n) is 1.74. The summed E-state index contributed by atoms with van der Waals surface area (Å²) in [6, 6.07) is 6.93. The zero-order valence-electron chi connectivity index (χ0n) is 11.6. The van der Waals surface area contributed by atoms with E-state index in [0.29, 0.717) is 0 Å². The number of carboxylic acids is 1. The van der Waals surface area contributed by atoms with Gasteiger partial charge in [-0.2, -0.15) is 0 Å². The maximum atomic E-state index is 11.8. The largest absolute Gasteiger partial charge is 0.481 e. The molecule has 2 atom stereocenters. The first-order valence-electron chi connectivity index (χ1n) is 6.33. The Morgan fingerprint density at radius 3 is 2.43 bits per heavy atom. The van der Waals surface area contributed by atoms with Gasteiger partial charge in [0.25, 0.3) is 0 Å². The third-order valence-corrected chi connectivity index (χ3v) is 2.82. The molecule has 0 aliphatic carbocycles. The molecule has 21 heavy (non-hydrogen) atoms. The van der Waals surface area contributed by atoms with Crippen LogP contribution in [-0.4, -0.2) is 42.1 Å². The number of hydrogen-bond donors (Lipinski definition) is 3. The van der Waals surface area contributed by atoms with Crippen molar-refractivity contribution < 1.29 is 24.2 Å². The molecule has 1 unspecified atom stereocenters. The molecule has 0 spiro atoms. The van der Waals surface area contributed by atoms with Gasteiger partial charge in [-0.15, -0.1) is 0 Å². The molecule has 4 N–H and O–H groups in total. The summed E-state index contributed by atoms with van der Waals surface area (Å²) in [6.45, 7) is 0. The van der Waals surface area contributed by atoms with Gasteiger partial charge in [0.2, 0.25) is 5.91 Å². The number of ether oxygens (including phenoxy) is 1. The smallest absolute Gasteiger partial charge is 0.328 e. The fourth-order valence-corrected chi connectivity index (χ4v) is 1.74. The molecule has 0 saturated carbocycles. The number of aliphatic carboxylic acids is 1. The standard InChI is InChI=1S/C14H18N2O5/c1-21-14(20)11(7-9-5-3-2-4-6-9)16-13(19)10(15)8-12(17)18/h2-6,10-11H,7-8,15H2,1H3,(H,16,19)(H,17,18)/t10?,11-/m0/s1. The summed E-state index contributed by atoms with van der Waals surface area (Å²) in [6.07, 6.45) is -0.274. The molecule has 0 bridgehead atoms. The Labute approximate surface area is 122 Å². The number of carboxylic acid groups (broad SMARTS) is 1. The van der Waals surface area contributed by atoms with E-state index in [2.05, 4.69) is 10.1 Å². The maximum absolute atomic E-state index is 11.8. The Morgan fingerprint density at radius 2 is 1.90 bits per heavy atom. The molecule has 1 aromatic carbocycles. The number of amides is 1. The summed E-state index contributed by atoms with van der Waals surface area (Å²) in [5.74, 6) is -2.51. The lowest BCUT2D eigenvalue weighted by molar-refractivity contribution is -0.145. The summed E-state index contributed by atoms with van der Waals surface area (Å²) in [5, 5.41) is 11.0. The zero-order chi connectivity index (χ0) is 15.8. The lowest BCUT2D eigenvalue weighted by Crippen LogP contribution is -2.50. The number of methoxy groups -OCH3 is 1. The van der Waals surface area contributed by atoms with Crippen LogP contribution in [0.4, 0.5) is 0 Å². The van der Waals surface area contributed by atoms with Crippen molar-refractivity contribution in [2.75, 3.05) is 7.11 Å². The van der Waals surface area contributed by atoms with Crippen LogP contribution in [0, 0.1) is 0 Å². The summed E-state index contributed by atoms with van der Waals surface area (Å²) in [5.41, 5.74) is 6.29. The van der Waals surface area contributed by atoms with Gasteiger partial charge >= 0.3 is 11.9 Å². The van der Waals surface area contributed by atoms with Crippen molar-refractivity contribution >= 4 is 17.8 Å². The Balaban J connectivity index is 2.72. The van der Waals surface area contributed by atoms with Crippen molar-refractivity contribution in [3.63, 3.8) is 0 Å². The first-order valence-corrected chi connectivity index (χ1v) is 6.33. The monoisotopic (exact) mass is 294 g/mol. The SMILES string of the molecule is COC(=O)[C@H](Cc1ccccc1)NC(=O)C(N)CC(=O)O. The number of nitrogens with two attached hydrogens (primary N) is 1. The van der Waals surface area contributed by atoms with Gasteiger partial charge in [0.05, 0.1) is 19.6 Å². The Bertz CT molecular complexity index is 503. The number of nitrogens with one attached hydrogen (secondary N) is 1. The highest BCUT2D eigenvalue weighted by molar-refractivity contribution is 5.89. The van der Waals surface area contributed by atoms with Gasteiger partial charge in [0.1, 0.15) is 6.04 Å². The molecule has 114 valence electrons. The number of benzene rings is 1. The van der Waals surface area contributed by atoms with Crippen LogP contribution in [0.25, 0.3) is 0 Å². The van der Waals surface area contributed by atoms with Crippen LogP contribution in [0.15, 0.2) is 30.3 Å². The minimum Gasteiger partial charge on any atom is -0.481 e. The Morgan fingerprint density at radius 1 is 1.29 bits per heavy atom. The Kier molecular flexibility index (Phi) is 6.35. The molecule has 0 radical (unpaired) electrons. The minimum absolute atomic E-state index is 0.235. The average Bonchev–Trinajstić information content (AvgIpc) is 2.46. The van der Waals surface area contributed by atoms with Crippen LogP contribution in [0.2, 0.25) is 0 Å². The van der Waals surface area contributed by atoms with E-state index in [1.54, 1.807) is 12.1 Å². The van der Waals surface area contributed by atoms with E-state index in [9.17, 15) is 14.4 Å². The van der Waals surface area contributed by atoms with E-state index in [1.165, 1.54) is 7.11 Å². The normalized spacial score (nSPS) is 13.0. The average molecular weight is 294 g/mol. The fraction of sp³-hybridized carbons (Fsp3) is 0.357. The van der Waals surface area contributed by atoms with Crippen LogP contribution >= 0.6 is 0 Å². The van der Waals surface area contributed by atoms with Crippen molar-refractivity contribution in [3.05, 3.63) is 35.9 Å². The molecule has 0 aliphatic rings. The molecule has 7 nitrogen and oxygen atoms in total. The van der Waals surface area contributed by atoms with Crippen molar-refractivity contribution in [2.24, 2.45) is 5.73 Å². The van der Waals surface area contributed by atoms with Crippen LogP contribution in [-0.2, 0) is 25.5 Å². The molecule has 0 saturated heterocycles. The number of carbonyl (C=O) groups excluding carboxylic acids is 2. The number of rotatable bonds is 7. The van der Waals surface area contributed by atoms with Crippen LogP contribution in [0.3, 0.4) is 0 Å². The van der Waals surface area contributed by atoms with Gasteiger partial charge in [-0.1, -0.05) is 30.3 Å². The Hall–Kier alpha value is -2.41. The lowest BCUT2D eigenvalue weighted by Gasteiger charge is -2.18. The van der Waals surface area contributed by atoms with E-state index in [0.717, 1.165) is 5.56 Å². The molecular formula is C14H18N2O5. The second kappa shape index (κ2) is 8.01. The van der Waals surface area contributed by atoms with Crippen molar-refractivity contribution in [2.45, 2.75) is 24.9 Å².